The van der Waals surface area contributed by atoms with Gasteiger partial charge in [-0.05, 0) is 41.6 Å². The Bertz CT molecular complexity index is 614. The number of halogens is 2. The van der Waals surface area contributed by atoms with E-state index in [9.17, 15) is 9.18 Å². The van der Waals surface area contributed by atoms with Crippen LogP contribution < -0.4 is 10.5 Å². The van der Waals surface area contributed by atoms with Gasteiger partial charge < -0.3 is 9.88 Å². The van der Waals surface area contributed by atoms with E-state index in [2.05, 4.69) is 9.97 Å². The Morgan fingerprint density at radius 2 is 2.17 bits per heavy atom. The smallest absolute Gasteiger partial charge is 0.266 e. The van der Waals surface area contributed by atoms with Gasteiger partial charge in [-0.25, -0.2) is 9.37 Å². The molecule has 1 aromatic heterocycles. The molecule has 0 bridgehead atoms. The van der Waals surface area contributed by atoms with Crippen LogP contribution in [-0.2, 0) is 0 Å². The highest BCUT2D eigenvalue weighted by atomic mass is 127. The summed E-state index contributed by atoms with van der Waals surface area (Å²) in [7, 11) is 0. The SMILES string of the molecule is CCN(c1ccccc1F)c1nc[nH]c(=O)c1I. The maximum Gasteiger partial charge on any atom is 0.266 e. The Balaban J connectivity index is 2.56. The van der Waals surface area contributed by atoms with Crippen LogP contribution >= 0.6 is 22.6 Å². The standard InChI is InChI=1S/C12H11FIN3O/c1-2-17(9-6-4-3-5-8(9)13)11-10(14)12(18)16-7-15-11/h3-7H,2H2,1H3,(H,15,16,18). The Morgan fingerprint density at radius 3 is 2.83 bits per heavy atom. The minimum Gasteiger partial charge on any atom is -0.323 e. The molecular weight excluding hydrogens is 348 g/mol. The Hall–Kier alpha value is -1.44. The van der Waals surface area contributed by atoms with Gasteiger partial charge in [-0.2, -0.15) is 0 Å². The summed E-state index contributed by atoms with van der Waals surface area (Å²) in [5.41, 5.74) is 0.186. The van der Waals surface area contributed by atoms with E-state index in [0.717, 1.165) is 0 Å². The van der Waals surface area contributed by atoms with Gasteiger partial charge in [0.05, 0.1) is 12.0 Å². The number of hydrogen-bond donors (Lipinski definition) is 1. The second-order valence-electron chi connectivity index (χ2n) is 3.56. The van der Waals surface area contributed by atoms with Crippen LogP contribution in [0.15, 0.2) is 35.4 Å². The van der Waals surface area contributed by atoms with Gasteiger partial charge in [0, 0.05) is 6.54 Å². The number of nitrogens with one attached hydrogen (secondary N) is 1. The predicted molar refractivity (Wildman–Crippen MR) is 76.7 cm³/mol. The van der Waals surface area contributed by atoms with Gasteiger partial charge in [0.2, 0.25) is 0 Å². The van der Waals surface area contributed by atoms with E-state index >= 15 is 0 Å². The minimum absolute atomic E-state index is 0.226. The summed E-state index contributed by atoms with van der Waals surface area (Å²) in [5.74, 6) is 0.129. The first-order valence-corrected chi connectivity index (χ1v) is 6.48. The van der Waals surface area contributed by atoms with Crippen LogP contribution in [-0.4, -0.2) is 16.5 Å². The number of hydrogen-bond acceptors (Lipinski definition) is 3. The molecule has 0 spiro atoms. The van der Waals surface area contributed by atoms with Gasteiger partial charge in [0.1, 0.15) is 9.39 Å². The molecule has 0 amide bonds. The molecular formula is C12H11FIN3O. The Kier molecular flexibility index (Phi) is 3.95. The summed E-state index contributed by atoms with van der Waals surface area (Å²) in [6, 6.07) is 6.43. The van der Waals surface area contributed by atoms with Crippen molar-refractivity contribution in [2.24, 2.45) is 0 Å². The molecule has 4 nitrogen and oxygen atoms in total. The molecule has 0 aliphatic carbocycles. The zero-order valence-electron chi connectivity index (χ0n) is 9.65. The Morgan fingerprint density at radius 1 is 1.44 bits per heavy atom. The van der Waals surface area contributed by atoms with Crippen molar-refractivity contribution < 1.29 is 4.39 Å². The van der Waals surface area contributed by atoms with Crippen LogP contribution in [0.25, 0.3) is 0 Å². The lowest BCUT2D eigenvalue weighted by atomic mass is 10.2. The van der Waals surface area contributed by atoms with Gasteiger partial charge in [-0.3, -0.25) is 4.79 Å². The highest BCUT2D eigenvalue weighted by Gasteiger charge is 2.16. The van der Waals surface area contributed by atoms with Crippen molar-refractivity contribution in [3.8, 4) is 0 Å². The van der Waals surface area contributed by atoms with Crippen LogP contribution in [0, 0.1) is 9.39 Å². The zero-order valence-corrected chi connectivity index (χ0v) is 11.8. The third kappa shape index (κ3) is 2.38. The molecule has 6 heteroatoms. The second-order valence-corrected chi connectivity index (χ2v) is 4.64. The fraction of sp³-hybridized carbons (Fsp3) is 0.167. The molecule has 2 rings (SSSR count). The van der Waals surface area contributed by atoms with E-state index in [-0.39, 0.29) is 11.4 Å². The van der Waals surface area contributed by atoms with Crippen molar-refractivity contribution >= 4 is 34.1 Å². The van der Waals surface area contributed by atoms with Gasteiger partial charge in [0.15, 0.2) is 5.82 Å². The molecule has 0 saturated carbocycles. The first-order chi connectivity index (χ1) is 8.65. The van der Waals surface area contributed by atoms with Crippen molar-refractivity contribution in [2.45, 2.75) is 6.92 Å². The molecule has 2 aromatic rings. The molecule has 18 heavy (non-hydrogen) atoms. The summed E-state index contributed by atoms with van der Waals surface area (Å²) in [6.45, 7) is 2.40. The van der Waals surface area contributed by atoms with E-state index in [1.807, 2.05) is 29.5 Å². The maximum absolute atomic E-state index is 13.8. The predicted octanol–water partition coefficient (Wildman–Crippen LogP) is 2.67. The monoisotopic (exact) mass is 359 g/mol. The van der Waals surface area contributed by atoms with Crippen molar-refractivity contribution in [3.05, 3.63) is 50.3 Å². The Labute approximate surface area is 117 Å². The summed E-state index contributed by atoms with van der Waals surface area (Å²) >= 11 is 1.91. The lowest BCUT2D eigenvalue weighted by Gasteiger charge is -2.23. The van der Waals surface area contributed by atoms with Crippen LogP contribution in [0.4, 0.5) is 15.9 Å². The molecule has 1 aromatic carbocycles. The largest absolute Gasteiger partial charge is 0.323 e. The molecule has 1 heterocycles. The molecule has 0 saturated heterocycles. The van der Waals surface area contributed by atoms with Crippen LogP contribution in [0.1, 0.15) is 6.92 Å². The lowest BCUT2D eigenvalue weighted by Crippen LogP contribution is -2.24. The molecule has 0 radical (unpaired) electrons. The first kappa shape index (κ1) is 13.0. The van der Waals surface area contributed by atoms with Crippen LogP contribution in [0.5, 0.6) is 0 Å². The average molecular weight is 359 g/mol. The van der Waals surface area contributed by atoms with Crippen molar-refractivity contribution in [3.63, 3.8) is 0 Å². The minimum atomic E-state index is -0.336. The second kappa shape index (κ2) is 5.47. The van der Waals surface area contributed by atoms with E-state index in [4.69, 9.17) is 0 Å². The molecule has 94 valence electrons. The fourth-order valence-electron chi connectivity index (χ4n) is 1.67. The van der Waals surface area contributed by atoms with Crippen LogP contribution in [0.3, 0.4) is 0 Å². The van der Waals surface area contributed by atoms with Crippen molar-refractivity contribution in [2.75, 3.05) is 11.4 Å². The third-order valence-electron chi connectivity index (χ3n) is 2.49. The average Bonchev–Trinajstić information content (AvgIpc) is 2.37. The number of H-pyrrole nitrogens is 1. The fourth-order valence-corrected chi connectivity index (χ4v) is 2.25. The number of benzene rings is 1. The molecule has 0 aliphatic heterocycles. The molecule has 0 fully saturated rings. The normalized spacial score (nSPS) is 10.4. The number of rotatable bonds is 3. The van der Waals surface area contributed by atoms with Gasteiger partial charge >= 0.3 is 0 Å². The molecule has 0 aliphatic rings. The molecule has 0 atom stereocenters. The number of aromatic nitrogens is 2. The third-order valence-corrected chi connectivity index (χ3v) is 3.47. The number of anilines is 2. The van der Waals surface area contributed by atoms with E-state index in [0.29, 0.717) is 21.6 Å². The van der Waals surface area contributed by atoms with Gasteiger partial charge in [0.25, 0.3) is 5.56 Å². The summed E-state index contributed by atoms with van der Waals surface area (Å²) in [6.07, 6.45) is 1.32. The quantitative estimate of drug-likeness (QED) is 0.858. The molecule has 1 N–H and O–H groups in total. The number of nitrogens with zero attached hydrogens (tertiary/aromatic N) is 2. The van der Waals surface area contributed by atoms with E-state index in [1.165, 1.54) is 12.4 Å². The highest BCUT2D eigenvalue weighted by molar-refractivity contribution is 14.1. The first-order valence-electron chi connectivity index (χ1n) is 5.40. The van der Waals surface area contributed by atoms with Gasteiger partial charge in [-0.1, -0.05) is 12.1 Å². The lowest BCUT2D eigenvalue weighted by molar-refractivity contribution is 0.625. The maximum atomic E-state index is 13.8. The summed E-state index contributed by atoms with van der Waals surface area (Å²) in [4.78, 5) is 19.8. The van der Waals surface area contributed by atoms with Crippen LogP contribution in [0.2, 0.25) is 0 Å². The van der Waals surface area contributed by atoms with Gasteiger partial charge in [-0.15, -0.1) is 0 Å². The summed E-state index contributed by atoms with van der Waals surface area (Å²) < 4.78 is 14.2. The topological polar surface area (TPSA) is 49.0 Å². The van der Waals surface area contributed by atoms with Crippen molar-refractivity contribution in [1.82, 2.24) is 9.97 Å². The van der Waals surface area contributed by atoms with Crippen molar-refractivity contribution in [1.29, 1.82) is 0 Å². The van der Waals surface area contributed by atoms with E-state index < -0.39 is 0 Å². The summed E-state index contributed by atoms with van der Waals surface area (Å²) in [5, 5.41) is 0. The zero-order chi connectivity index (χ0) is 13.1. The molecule has 0 unspecified atom stereocenters. The van der Waals surface area contributed by atoms with E-state index in [1.54, 1.807) is 23.1 Å². The number of para-hydroxylation sites is 1. The number of aromatic amines is 1. The highest BCUT2D eigenvalue weighted by Crippen LogP contribution is 2.27.